The van der Waals surface area contributed by atoms with Gasteiger partial charge >= 0.3 is 0 Å². The summed E-state index contributed by atoms with van der Waals surface area (Å²) in [5.41, 5.74) is 3.60. The van der Waals surface area contributed by atoms with Gasteiger partial charge in [0.1, 0.15) is 12.4 Å². The van der Waals surface area contributed by atoms with E-state index in [1.54, 1.807) is 37.3 Å². The van der Waals surface area contributed by atoms with Gasteiger partial charge in [0.05, 0.1) is 6.21 Å². The lowest BCUT2D eigenvalue weighted by molar-refractivity contribution is -0.130. The summed E-state index contributed by atoms with van der Waals surface area (Å²) < 4.78 is 11.9. The molecule has 1 aliphatic rings. The number of para-hydroxylation sites is 2. The molecular weight excluding hydrogens is 376 g/mol. The number of phenolic OH excluding ortho intramolecular Hbond substituents is 1. The highest BCUT2D eigenvalue weighted by Crippen LogP contribution is 2.30. The lowest BCUT2D eigenvalue weighted by Gasteiger charge is -2.24. The molecule has 2 aromatic rings. The third-order valence-electron chi connectivity index (χ3n) is 3.47. The Kier molecular flexibility index (Phi) is 4.71. The molecule has 1 amide bonds. The Labute approximate surface area is 147 Å². The van der Waals surface area contributed by atoms with Crippen molar-refractivity contribution in [1.29, 1.82) is 0 Å². The van der Waals surface area contributed by atoms with Crippen LogP contribution in [0, 0.1) is 6.92 Å². The average molecular weight is 391 g/mol. The Morgan fingerprint density at radius 2 is 2.12 bits per heavy atom. The predicted octanol–water partition coefficient (Wildman–Crippen LogP) is 2.75. The molecule has 1 heterocycles. The third-order valence-corrected chi connectivity index (χ3v) is 3.93. The number of carbonyl (C=O) groups excluding carboxylic acids is 1. The molecule has 2 aromatic carbocycles. The van der Waals surface area contributed by atoms with E-state index >= 15 is 0 Å². The summed E-state index contributed by atoms with van der Waals surface area (Å²) in [7, 11) is 0. The van der Waals surface area contributed by atoms with Crippen molar-refractivity contribution in [3.63, 3.8) is 0 Å². The first kappa shape index (κ1) is 16.3. The molecule has 0 spiro atoms. The van der Waals surface area contributed by atoms with Crippen LogP contribution in [0.4, 0.5) is 0 Å². The number of halogens is 1. The summed E-state index contributed by atoms with van der Waals surface area (Å²) >= 11 is 3.35. The maximum absolute atomic E-state index is 12.1. The van der Waals surface area contributed by atoms with E-state index in [0.717, 1.165) is 4.47 Å². The zero-order valence-electron chi connectivity index (χ0n) is 12.8. The first-order valence-electron chi connectivity index (χ1n) is 7.25. The monoisotopic (exact) mass is 390 g/mol. The van der Waals surface area contributed by atoms with Crippen LogP contribution in [0.5, 0.6) is 17.2 Å². The number of hydrazone groups is 1. The van der Waals surface area contributed by atoms with Gasteiger partial charge < -0.3 is 14.6 Å². The molecule has 0 aromatic heterocycles. The van der Waals surface area contributed by atoms with Crippen molar-refractivity contribution < 1.29 is 19.4 Å². The van der Waals surface area contributed by atoms with Crippen LogP contribution in [0.2, 0.25) is 0 Å². The van der Waals surface area contributed by atoms with Crippen molar-refractivity contribution in [2.45, 2.75) is 13.0 Å². The van der Waals surface area contributed by atoms with Gasteiger partial charge in [-0.1, -0.05) is 28.1 Å². The normalized spacial score (nSPS) is 16.2. The van der Waals surface area contributed by atoms with Crippen molar-refractivity contribution >= 4 is 28.1 Å². The maximum atomic E-state index is 12.1. The molecule has 1 atom stereocenters. The fourth-order valence-corrected chi connectivity index (χ4v) is 2.84. The Morgan fingerprint density at radius 3 is 2.92 bits per heavy atom. The van der Waals surface area contributed by atoms with Crippen molar-refractivity contribution in [1.82, 2.24) is 5.43 Å². The number of amides is 1. The highest BCUT2D eigenvalue weighted by atomic mass is 79.9. The topological polar surface area (TPSA) is 80.2 Å². The summed E-state index contributed by atoms with van der Waals surface area (Å²) in [6.07, 6.45) is 0.595. The van der Waals surface area contributed by atoms with E-state index in [2.05, 4.69) is 26.5 Å². The number of rotatable bonds is 3. The molecule has 0 aliphatic carbocycles. The van der Waals surface area contributed by atoms with Crippen LogP contribution in [0.1, 0.15) is 11.1 Å². The minimum Gasteiger partial charge on any atom is -0.507 e. The van der Waals surface area contributed by atoms with Crippen molar-refractivity contribution in [3.05, 3.63) is 52.0 Å². The second-order valence-corrected chi connectivity index (χ2v) is 6.17. The van der Waals surface area contributed by atoms with E-state index in [0.29, 0.717) is 22.6 Å². The van der Waals surface area contributed by atoms with Gasteiger partial charge in [-0.15, -0.1) is 0 Å². The Morgan fingerprint density at radius 1 is 1.38 bits per heavy atom. The zero-order chi connectivity index (χ0) is 17.1. The van der Waals surface area contributed by atoms with Gasteiger partial charge in [-0.2, -0.15) is 5.10 Å². The van der Waals surface area contributed by atoms with Gasteiger partial charge in [-0.05, 0) is 36.8 Å². The molecular formula is C17H15BrN2O4. The third kappa shape index (κ3) is 3.51. The zero-order valence-corrected chi connectivity index (χ0v) is 14.4. The largest absolute Gasteiger partial charge is 0.507 e. The van der Waals surface area contributed by atoms with Gasteiger partial charge in [0, 0.05) is 10.0 Å². The number of phenols is 1. The standard InChI is InChI=1S/C17H15BrN2O4/c1-10-6-12(18)7-11(16(10)21)8-19-20-17(22)15-9-23-13-4-2-3-5-14(13)24-15/h2-8,15,21H,9H2,1H3,(H,20,22)/b19-8+/t15-/m1/s1. The number of ether oxygens (including phenoxy) is 2. The van der Waals surface area contributed by atoms with E-state index in [4.69, 9.17) is 9.47 Å². The highest BCUT2D eigenvalue weighted by molar-refractivity contribution is 9.10. The molecule has 0 radical (unpaired) electrons. The Hall–Kier alpha value is -2.54. The Bertz CT molecular complexity index is 807. The van der Waals surface area contributed by atoms with E-state index in [1.165, 1.54) is 6.21 Å². The van der Waals surface area contributed by atoms with Crippen LogP contribution in [-0.2, 0) is 4.79 Å². The fraction of sp³-hybridized carbons (Fsp3) is 0.176. The van der Waals surface area contributed by atoms with Crippen LogP contribution in [-0.4, -0.2) is 29.9 Å². The number of aryl methyl sites for hydroxylation is 1. The molecule has 2 N–H and O–H groups in total. The SMILES string of the molecule is Cc1cc(Br)cc(/C=N/NC(=O)[C@H]2COc3ccccc3O2)c1O. The number of fused-ring (bicyclic) bond motifs is 1. The van der Waals surface area contributed by atoms with Crippen molar-refractivity contribution in [2.75, 3.05) is 6.61 Å². The number of hydrogen-bond donors (Lipinski definition) is 2. The van der Waals surface area contributed by atoms with Crippen LogP contribution in [0.25, 0.3) is 0 Å². The number of hydrogen-bond acceptors (Lipinski definition) is 5. The first-order chi connectivity index (χ1) is 11.5. The summed E-state index contributed by atoms with van der Waals surface area (Å²) in [4.78, 5) is 12.1. The molecule has 24 heavy (non-hydrogen) atoms. The number of nitrogens with one attached hydrogen (secondary N) is 1. The molecule has 0 saturated carbocycles. The molecule has 1 aliphatic heterocycles. The van der Waals surface area contributed by atoms with Gasteiger partial charge in [0.2, 0.25) is 6.10 Å². The van der Waals surface area contributed by atoms with Gasteiger partial charge in [0.25, 0.3) is 5.91 Å². The van der Waals surface area contributed by atoms with Gasteiger partial charge in [-0.3, -0.25) is 4.79 Å². The van der Waals surface area contributed by atoms with Crippen molar-refractivity contribution in [3.8, 4) is 17.2 Å². The number of benzene rings is 2. The lowest BCUT2D eigenvalue weighted by atomic mass is 10.1. The van der Waals surface area contributed by atoms with E-state index in [1.807, 2.05) is 6.07 Å². The molecule has 0 fully saturated rings. The first-order valence-corrected chi connectivity index (χ1v) is 8.04. The fourth-order valence-electron chi connectivity index (χ4n) is 2.25. The lowest BCUT2D eigenvalue weighted by Crippen LogP contribution is -2.42. The second-order valence-electron chi connectivity index (χ2n) is 5.26. The predicted molar refractivity (Wildman–Crippen MR) is 92.6 cm³/mol. The van der Waals surface area contributed by atoms with Gasteiger partial charge in [0.15, 0.2) is 11.5 Å². The number of aromatic hydroxyl groups is 1. The van der Waals surface area contributed by atoms with E-state index in [9.17, 15) is 9.90 Å². The van der Waals surface area contributed by atoms with Crippen LogP contribution in [0.15, 0.2) is 46.0 Å². The second kappa shape index (κ2) is 6.92. The highest BCUT2D eigenvalue weighted by Gasteiger charge is 2.26. The molecule has 0 saturated heterocycles. The smallest absolute Gasteiger partial charge is 0.284 e. The summed E-state index contributed by atoms with van der Waals surface area (Å²) in [6.45, 7) is 1.89. The van der Waals surface area contributed by atoms with Gasteiger partial charge in [-0.25, -0.2) is 5.43 Å². The minimum absolute atomic E-state index is 0.111. The summed E-state index contributed by atoms with van der Waals surface area (Å²) in [5, 5.41) is 13.9. The van der Waals surface area contributed by atoms with Crippen LogP contribution in [0.3, 0.4) is 0 Å². The average Bonchev–Trinajstić information content (AvgIpc) is 2.58. The molecule has 0 unspecified atom stereocenters. The molecule has 0 bridgehead atoms. The molecule has 7 heteroatoms. The number of carbonyl (C=O) groups is 1. The Balaban J connectivity index is 1.64. The quantitative estimate of drug-likeness (QED) is 0.623. The molecule has 3 rings (SSSR count). The molecule has 124 valence electrons. The number of nitrogens with zero attached hydrogens (tertiary/aromatic N) is 1. The van der Waals surface area contributed by atoms with E-state index in [-0.39, 0.29) is 12.4 Å². The van der Waals surface area contributed by atoms with Crippen LogP contribution >= 0.6 is 15.9 Å². The van der Waals surface area contributed by atoms with Crippen molar-refractivity contribution in [2.24, 2.45) is 5.10 Å². The minimum atomic E-state index is -0.783. The van der Waals surface area contributed by atoms with Crippen LogP contribution < -0.4 is 14.9 Å². The summed E-state index contributed by atoms with van der Waals surface area (Å²) in [6, 6.07) is 10.6. The summed E-state index contributed by atoms with van der Waals surface area (Å²) in [5.74, 6) is 0.821. The maximum Gasteiger partial charge on any atom is 0.284 e. The van der Waals surface area contributed by atoms with E-state index < -0.39 is 12.0 Å². The molecule has 6 nitrogen and oxygen atoms in total.